The summed E-state index contributed by atoms with van der Waals surface area (Å²) in [5, 5.41) is 60.0. The highest BCUT2D eigenvalue weighted by atomic mass is 16.7. The van der Waals surface area contributed by atoms with Crippen molar-refractivity contribution in [1.82, 2.24) is 0 Å². The summed E-state index contributed by atoms with van der Waals surface area (Å²) in [6.45, 7) is -1.13. The van der Waals surface area contributed by atoms with Crippen LogP contribution >= 0.6 is 0 Å². The first-order chi connectivity index (χ1) is 14.8. The molecule has 10 heteroatoms. The van der Waals surface area contributed by atoms with Crippen molar-refractivity contribution >= 4 is 11.6 Å². The van der Waals surface area contributed by atoms with Crippen molar-refractivity contribution in [1.29, 1.82) is 0 Å². The molecule has 5 atom stereocenters. The summed E-state index contributed by atoms with van der Waals surface area (Å²) in [7, 11) is 0. The number of fused-ring (bicyclic) bond motifs is 2. The second-order valence-corrected chi connectivity index (χ2v) is 7.37. The van der Waals surface area contributed by atoms with Crippen LogP contribution in [0, 0.1) is 0 Å². The summed E-state index contributed by atoms with van der Waals surface area (Å²) < 4.78 is 10.6. The van der Waals surface area contributed by atoms with Crippen molar-refractivity contribution in [2.45, 2.75) is 37.3 Å². The van der Waals surface area contributed by atoms with E-state index in [-0.39, 0.29) is 27.8 Å². The van der Waals surface area contributed by atoms with Gasteiger partial charge in [0.2, 0.25) is 0 Å². The van der Waals surface area contributed by atoms with E-state index in [1.165, 1.54) is 12.1 Å². The molecule has 0 spiro atoms. The van der Waals surface area contributed by atoms with Gasteiger partial charge in [0.1, 0.15) is 35.9 Å². The van der Waals surface area contributed by atoms with Crippen molar-refractivity contribution in [3.05, 3.63) is 58.1 Å². The number of phenols is 2. The van der Waals surface area contributed by atoms with E-state index < -0.39 is 67.0 Å². The van der Waals surface area contributed by atoms with E-state index in [1.54, 1.807) is 12.1 Å². The highest BCUT2D eigenvalue weighted by molar-refractivity contribution is 6.30. The lowest BCUT2D eigenvalue weighted by molar-refractivity contribution is -0.304. The van der Waals surface area contributed by atoms with Crippen LogP contribution < -0.4 is 0 Å². The predicted molar refractivity (Wildman–Crippen MR) is 102 cm³/mol. The summed E-state index contributed by atoms with van der Waals surface area (Å²) in [5.41, 5.74) is -0.565. The van der Waals surface area contributed by atoms with E-state index >= 15 is 0 Å². The number of hydrogen-bond donors (Lipinski definition) is 6. The SMILES string of the molecule is O=C1c2ccccc2C(=O)c2c(O)c(CO[C@H]3O[C@H](CO)[C@@H](O)[C@H](O)[C@@H]3O)cc(O)c21. The molecule has 0 amide bonds. The zero-order valence-electron chi connectivity index (χ0n) is 16.0. The largest absolute Gasteiger partial charge is 0.507 e. The summed E-state index contributed by atoms with van der Waals surface area (Å²) in [6, 6.07) is 7.08. The quantitative estimate of drug-likeness (QED) is 0.286. The maximum absolute atomic E-state index is 12.9. The Balaban J connectivity index is 1.64. The molecule has 4 rings (SSSR count). The Labute approximate surface area is 175 Å². The molecular formula is C21H20O10. The van der Waals surface area contributed by atoms with Gasteiger partial charge in [0.25, 0.3) is 0 Å². The molecule has 1 aliphatic carbocycles. The number of benzene rings is 2. The third-order valence-electron chi connectivity index (χ3n) is 5.48. The number of aliphatic hydroxyl groups excluding tert-OH is 4. The lowest BCUT2D eigenvalue weighted by atomic mass is 9.82. The Morgan fingerprint density at radius 3 is 2.13 bits per heavy atom. The van der Waals surface area contributed by atoms with E-state index in [1.807, 2.05) is 0 Å². The predicted octanol–water partition coefficient (Wildman–Crippen LogP) is -0.810. The lowest BCUT2D eigenvalue weighted by Crippen LogP contribution is -2.59. The van der Waals surface area contributed by atoms with Gasteiger partial charge in [-0.05, 0) is 6.07 Å². The third kappa shape index (κ3) is 3.39. The van der Waals surface area contributed by atoms with Crippen molar-refractivity contribution in [2.75, 3.05) is 6.61 Å². The van der Waals surface area contributed by atoms with Gasteiger partial charge in [-0.15, -0.1) is 0 Å². The molecular weight excluding hydrogens is 412 g/mol. The molecule has 0 saturated carbocycles. The van der Waals surface area contributed by atoms with Crippen molar-refractivity contribution in [2.24, 2.45) is 0 Å². The molecule has 0 bridgehead atoms. The van der Waals surface area contributed by atoms with Gasteiger partial charge in [0, 0.05) is 16.7 Å². The number of carbonyl (C=O) groups excluding carboxylic acids is 2. The topological polar surface area (TPSA) is 174 Å². The van der Waals surface area contributed by atoms with Crippen LogP contribution in [0.25, 0.3) is 0 Å². The Bertz CT molecular complexity index is 1050. The second-order valence-electron chi connectivity index (χ2n) is 7.37. The zero-order valence-corrected chi connectivity index (χ0v) is 16.0. The fraction of sp³-hybridized carbons (Fsp3) is 0.333. The number of aromatic hydroxyl groups is 2. The van der Waals surface area contributed by atoms with Crippen LogP contribution in [0.15, 0.2) is 30.3 Å². The molecule has 1 fully saturated rings. The van der Waals surface area contributed by atoms with E-state index in [0.717, 1.165) is 6.07 Å². The molecule has 6 N–H and O–H groups in total. The smallest absolute Gasteiger partial charge is 0.198 e. The van der Waals surface area contributed by atoms with Crippen molar-refractivity contribution in [3.63, 3.8) is 0 Å². The van der Waals surface area contributed by atoms with Gasteiger partial charge in [-0.1, -0.05) is 24.3 Å². The lowest BCUT2D eigenvalue weighted by Gasteiger charge is -2.39. The Morgan fingerprint density at radius 1 is 0.903 bits per heavy atom. The number of ether oxygens (including phenoxy) is 2. The number of hydrogen-bond acceptors (Lipinski definition) is 10. The molecule has 2 aromatic carbocycles. The van der Waals surface area contributed by atoms with Gasteiger partial charge in [0.15, 0.2) is 17.9 Å². The van der Waals surface area contributed by atoms with Crippen LogP contribution in [0.2, 0.25) is 0 Å². The van der Waals surface area contributed by atoms with Crippen LogP contribution in [0.3, 0.4) is 0 Å². The van der Waals surface area contributed by atoms with Gasteiger partial charge in [0.05, 0.1) is 24.3 Å². The van der Waals surface area contributed by atoms with Crippen LogP contribution in [0.5, 0.6) is 11.5 Å². The van der Waals surface area contributed by atoms with E-state index in [0.29, 0.717) is 0 Å². The molecule has 0 unspecified atom stereocenters. The van der Waals surface area contributed by atoms with E-state index in [2.05, 4.69) is 0 Å². The fourth-order valence-corrected chi connectivity index (χ4v) is 3.80. The first kappa shape index (κ1) is 21.4. The first-order valence-corrected chi connectivity index (χ1v) is 9.44. The molecule has 0 aromatic heterocycles. The molecule has 0 radical (unpaired) electrons. The zero-order chi connectivity index (χ0) is 22.4. The molecule has 10 nitrogen and oxygen atoms in total. The van der Waals surface area contributed by atoms with Crippen LogP contribution in [-0.4, -0.2) is 79.5 Å². The minimum Gasteiger partial charge on any atom is -0.507 e. The molecule has 1 aliphatic heterocycles. The molecule has 1 saturated heterocycles. The monoisotopic (exact) mass is 432 g/mol. The van der Waals surface area contributed by atoms with Gasteiger partial charge in [-0.3, -0.25) is 9.59 Å². The third-order valence-corrected chi connectivity index (χ3v) is 5.48. The number of aliphatic hydroxyl groups is 4. The fourth-order valence-electron chi connectivity index (χ4n) is 3.80. The minimum atomic E-state index is -1.67. The maximum atomic E-state index is 12.9. The normalized spacial score (nSPS) is 27.7. The summed E-state index contributed by atoms with van der Waals surface area (Å²) in [4.78, 5) is 25.6. The highest BCUT2D eigenvalue weighted by Crippen LogP contribution is 2.40. The van der Waals surface area contributed by atoms with Gasteiger partial charge < -0.3 is 40.1 Å². The van der Waals surface area contributed by atoms with Crippen LogP contribution in [-0.2, 0) is 16.1 Å². The number of carbonyl (C=O) groups is 2. The second kappa shape index (κ2) is 8.00. The van der Waals surface area contributed by atoms with Crippen LogP contribution in [0.4, 0.5) is 0 Å². The van der Waals surface area contributed by atoms with Gasteiger partial charge in [-0.2, -0.15) is 0 Å². The van der Waals surface area contributed by atoms with Gasteiger partial charge in [-0.25, -0.2) is 0 Å². The Morgan fingerprint density at radius 2 is 1.52 bits per heavy atom. The molecule has 2 aromatic rings. The van der Waals surface area contributed by atoms with Gasteiger partial charge >= 0.3 is 0 Å². The van der Waals surface area contributed by atoms with E-state index in [4.69, 9.17) is 9.47 Å². The number of ketones is 2. The van der Waals surface area contributed by atoms with Crippen molar-refractivity contribution < 1.29 is 49.7 Å². The molecule has 31 heavy (non-hydrogen) atoms. The minimum absolute atomic E-state index is 0.0752. The average molecular weight is 432 g/mol. The Kier molecular flexibility index (Phi) is 5.52. The van der Waals surface area contributed by atoms with E-state index in [9.17, 15) is 40.2 Å². The maximum Gasteiger partial charge on any atom is 0.198 e. The Hall–Kier alpha value is -2.86. The highest BCUT2D eigenvalue weighted by Gasteiger charge is 2.44. The van der Waals surface area contributed by atoms with Crippen LogP contribution in [0.1, 0.15) is 37.4 Å². The molecule has 2 aliphatic rings. The molecule has 1 heterocycles. The molecule has 164 valence electrons. The standard InChI is InChI=1S/C21H20O10/c22-6-12-18(27)19(28)20(29)21(31-12)30-7-8-5-11(23)13-14(15(8)24)17(26)10-4-2-1-3-9(10)16(13)25/h1-5,12,18-24,27-29H,6-7H2/t12-,18-,19+,20+,21+/m1/s1. The summed E-state index contributed by atoms with van der Waals surface area (Å²) in [6.07, 6.45) is -7.56. The summed E-state index contributed by atoms with van der Waals surface area (Å²) in [5.74, 6) is -2.37. The number of rotatable bonds is 4. The first-order valence-electron chi connectivity index (χ1n) is 9.44. The number of phenolic OH excluding ortho intramolecular Hbond substituents is 2. The summed E-state index contributed by atoms with van der Waals surface area (Å²) >= 11 is 0. The van der Waals surface area contributed by atoms with Crippen molar-refractivity contribution in [3.8, 4) is 11.5 Å². The average Bonchev–Trinajstić information content (AvgIpc) is 2.77.